The maximum Gasteiger partial charge on any atom is 0.240 e. The Morgan fingerprint density at radius 3 is 2.22 bits per heavy atom. The molecule has 0 aliphatic rings. The molecule has 0 unspecified atom stereocenters. The molecule has 0 spiro atoms. The first kappa shape index (κ1) is 17.7. The van der Waals surface area contributed by atoms with Crippen molar-refractivity contribution in [3.8, 4) is 0 Å². The van der Waals surface area contributed by atoms with Gasteiger partial charge in [0.25, 0.3) is 0 Å². The minimum atomic E-state index is -3.54. The van der Waals surface area contributed by atoms with Crippen LogP contribution in [0.5, 0.6) is 0 Å². The maximum atomic E-state index is 12.3. The van der Waals surface area contributed by atoms with E-state index in [1.807, 2.05) is 49.4 Å². The van der Waals surface area contributed by atoms with Crippen LogP contribution in [0.25, 0.3) is 0 Å². The van der Waals surface area contributed by atoms with Crippen molar-refractivity contribution in [3.63, 3.8) is 0 Å². The number of nitrogens with one attached hydrogen (secondary N) is 1. The van der Waals surface area contributed by atoms with E-state index < -0.39 is 10.0 Å². The Morgan fingerprint density at radius 2 is 1.65 bits per heavy atom. The van der Waals surface area contributed by atoms with Crippen molar-refractivity contribution in [2.45, 2.75) is 24.7 Å². The van der Waals surface area contributed by atoms with Crippen molar-refractivity contribution < 1.29 is 13.5 Å². The van der Waals surface area contributed by atoms with E-state index in [0.29, 0.717) is 6.42 Å². The van der Waals surface area contributed by atoms with Crippen LogP contribution in [0.4, 0.5) is 0 Å². The first-order valence-electron chi connectivity index (χ1n) is 7.78. The third-order valence-electron chi connectivity index (χ3n) is 3.83. The van der Waals surface area contributed by atoms with Gasteiger partial charge in [0.1, 0.15) is 0 Å². The Balaban J connectivity index is 1.98. The second-order valence-electron chi connectivity index (χ2n) is 5.59. The third kappa shape index (κ3) is 5.16. The summed E-state index contributed by atoms with van der Waals surface area (Å²) in [5.74, 6) is -0.151. The van der Waals surface area contributed by atoms with E-state index in [9.17, 15) is 13.5 Å². The molecule has 1 atom stereocenters. The molecule has 23 heavy (non-hydrogen) atoms. The van der Waals surface area contributed by atoms with E-state index in [4.69, 9.17) is 0 Å². The van der Waals surface area contributed by atoms with Crippen molar-refractivity contribution in [2.24, 2.45) is 5.92 Å². The summed E-state index contributed by atoms with van der Waals surface area (Å²) in [5, 5.41) is 9.49. The lowest BCUT2D eigenvalue weighted by Gasteiger charge is -2.15. The zero-order chi connectivity index (χ0) is 16.7. The molecule has 5 heteroatoms. The van der Waals surface area contributed by atoms with E-state index in [0.717, 1.165) is 17.5 Å². The third-order valence-corrected chi connectivity index (χ3v) is 5.27. The van der Waals surface area contributed by atoms with E-state index in [1.165, 1.54) is 0 Å². The molecule has 4 nitrogen and oxygen atoms in total. The second-order valence-corrected chi connectivity index (χ2v) is 7.35. The molecule has 2 rings (SSSR count). The zero-order valence-electron chi connectivity index (χ0n) is 13.3. The summed E-state index contributed by atoms with van der Waals surface area (Å²) in [7, 11) is -3.54. The maximum absolute atomic E-state index is 12.3. The van der Waals surface area contributed by atoms with Gasteiger partial charge in [0, 0.05) is 13.2 Å². The van der Waals surface area contributed by atoms with Gasteiger partial charge in [0.15, 0.2) is 0 Å². The number of rotatable bonds is 8. The van der Waals surface area contributed by atoms with Crippen molar-refractivity contribution in [1.29, 1.82) is 0 Å². The fraction of sp³-hybridized carbons (Fsp3) is 0.333. The number of benzene rings is 2. The van der Waals surface area contributed by atoms with Crippen LogP contribution < -0.4 is 4.72 Å². The minimum absolute atomic E-state index is 0.0633. The van der Waals surface area contributed by atoms with Crippen LogP contribution in [0, 0.1) is 5.92 Å². The molecule has 0 amide bonds. The normalized spacial score (nSPS) is 13.0. The van der Waals surface area contributed by atoms with Crippen molar-refractivity contribution in [1.82, 2.24) is 4.72 Å². The van der Waals surface area contributed by atoms with Gasteiger partial charge in [-0.2, -0.15) is 0 Å². The number of hydrogen-bond acceptors (Lipinski definition) is 3. The summed E-state index contributed by atoms with van der Waals surface area (Å²) < 4.78 is 27.2. The number of hydrogen-bond donors (Lipinski definition) is 2. The van der Waals surface area contributed by atoms with Gasteiger partial charge in [-0.15, -0.1) is 0 Å². The minimum Gasteiger partial charge on any atom is -0.396 e. The molecule has 124 valence electrons. The van der Waals surface area contributed by atoms with Crippen LogP contribution >= 0.6 is 0 Å². The topological polar surface area (TPSA) is 66.4 Å². The molecular formula is C18H23NO3S. The van der Waals surface area contributed by atoms with Crippen LogP contribution in [-0.2, 0) is 22.9 Å². The zero-order valence-corrected chi connectivity index (χ0v) is 14.1. The molecule has 0 heterocycles. The molecule has 0 saturated heterocycles. The van der Waals surface area contributed by atoms with Gasteiger partial charge in [-0.1, -0.05) is 49.4 Å². The van der Waals surface area contributed by atoms with Gasteiger partial charge in [-0.05, 0) is 42.0 Å². The summed E-state index contributed by atoms with van der Waals surface area (Å²) >= 11 is 0. The fourth-order valence-electron chi connectivity index (χ4n) is 2.36. The highest BCUT2D eigenvalue weighted by Gasteiger charge is 2.17. The summed E-state index contributed by atoms with van der Waals surface area (Å²) in [6.45, 7) is 2.17. The number of aliphatic hydroxyl groups excluding tert-OH is 1. The van der Waals surface area contributed by atoms with Crippen molar-refractivity contribution >= 4 is 10.0 Å². The van der Waals surface area contributed by atoms with Gasteiger partial charge in [0.2, 0.25) is 10.0 Å². The van der Waals surface area contributed by atoms with Crippen LogP contribution in [0.2, 0.25) is 0 Å². The highest BCUT2D eigenvalue weighted by atomic mass is 32.2. The Bertz CT molecular complexity index is 697. The predicted molar refractivity (Wildman–Crippen MR) is 91.7 cm³/mol. The van der Waals surface area contributed by atoms with Gasteiger partial charge >= 0.3 is 0 Å². The highest BCUT2D eigenvalue weighted by molar-refractivity contribution is 7.89. The number of aliphatic hydroxyl groups is 1. The highest BCUT2D eigenvalue weighted by Crippen LogP contribution is 2.13. The largest absolute Gasteiger partial charge is 0.396 e. The van der Waals surface area contributed by atoms with Crippen LogP contribution in [-0.4, -0.2) is 26.7 Å². The van der Waals surface area contributed by atoms with Gasteiger partial charge in [-0.25, -0.2) is 13.1 Å². The molecule has 2 aromatic carbocycles. The average molecular weight is 333 g/mol. The molecule has 2 N–H and O–H groups in total. The van der Waals surface area contributed by atoms with E-state index >= 15 is 0 Å². The molecule has 0 aliphatic carbocycles. The fourth-order valence-corrected chi connectivity index (χ4v) is 3.48. The quantitative estimate of drug-likeness (QED) is 0.779. The van der Waals surface area contributed by atoms with Gasteiger partial charge < -0.3 is 5.11 Å². The molecule has 0 aliphatic heterocycles. The van der Waals surface area contributed by atoms with Crippen molar-refractivity contribution in [2.75, 3.05) is 13.2 Å². The Kier molecular flexibility index (Phi) is 6.33. The van der Waals surface area contributed by atoms with Gasteiger partial charge in [-0.3, -0.25) is 0 Å². The van der Waals surface area contributed by atoms with E-state index in [-0.39, 0.29) is 24.0 Å². The number of aryl methyl sites for hydroxylation is 1. The van der Waals surface area contributed by atoms with Crippen LogP contribution in [0.3, 0.4) is 0 Å². The monoisotopic (exact) mass is 333 g/mol. The van der Waals surface area contributed by atoms with E-state index in [1.54, 1.807) is 12.1 Å². The summed E-state index contributed by atoms with van der Waals surface area (Å²) in [5.41, 5.74) is 2.18. The summed E-state index contributed by atoms with van der Waals surface area (Å²) in [4.78, 5) is 0.256. The molecule has 0 bridgehead atoms. The van der Waals surface area contributed by atoms with Crippen LogP contribution in [0.1, 0.15) is 18.1 Å². The van der Waals surface area contributed by atoms with Crippen LogP contribution in [0.15, 0.2) is 59.5 Å². The molecule has 2 aromatic rings. The molecule has 0 aromatic heterocycles. The molecular weight excluding hydrogens is 310 g/mol. The van der Waals surface area contributed by atoms with Gasteiger partial charge in [0.05, 0.1) is 4.90 Å². The van der Waals surface area contributed by atoms with Crippen molar-refractivity contribution in [3.05, 3.63) is 65.7 Å². The first-order chi connectivity index (χ1) is 11.0. The summed E-state index contributed by atoms with van der Waals surface area (Å²) in [6, 6.07) is 16.6. The Labute approximate surface area is 138 Å². The first-order valence-corrected chi connectivity index (χ1v) is 9.27. The lowest BCUT2D eigenvalue weighted by Crippen LogP contribution is -2.31. The lowest BCUT2D eigenvalue weighted by atomic mass is 10.0. The smallest absolute Gasteiger partial charge is 0.240 e. The molecule has 0 fully saturated rings. The molecule has 0 radical (unpaired) electrons. The lowest BCUT2D eigenvalue weighted by molar-refractivity contribution is 0.227. The van der Waals surface area contributed by atoms with E-state index in [2.05, 4.69) is 4.72 Å². The Morgan fingerprint density at radius 1 is 1.00 bits per heavy atom. The number of sulfonamides is 1. The Hall–Kier alpha value is -1.69. The SMILES string of the molecule is CCc1ccc(S(=O)(=O)NC[C@H](CO)Cc2ccccc2)cc1. The average Bonchev–Trinajstić information content (AvgIpc) is 2.59. The molecule has 0 saturated carbocycles. The summed E-state index contributed by atoms with van der Waals surface area (Å²) in [6.07, 6.45) is 1.51. The predicted octanol–water partition coefficient (Wildman–Crippen LogP) is 2.38. The second kappa shape index (κ2) is 8.24. The standard InChI is InChI=1S/C18H23NO3S/c1-2-15-8-10-18(11-9-15)23(21,22)19-13-17(14-20)12-16-6-4-3-5-7-16/h3-11,17,19-20H,2,12-14H2,1H3/t17-/m1/s1.